The number of ether oxygens (including phenoxy) is 1. The third kappa shape index (κ3) is 13.0. The Labute approximate surface area is 255 Å². The van der Waals surface area contributed by atoms with Crippen LogP contribution >= 0.6 is 0 Å². The van der Waals surface area contributed by atoms with Crippen LogP contribution in [0.5, 0.6) is 0 Å². The number of nitrogens with one attached hydrogen (secondary N) is 4. The SMILES string of the molecule is CC[C@@H](C)[B]CNC(=O)[C@H](Cc1ccccc1)NC(=O)CNC(=O)[C@H](CCc1ccccc1)NC(=O)CN1CCOCC1. The highest BCUT2D eigenvalue weighted by molar-refractivity contribution is 6.38. The van der Waals surface area contributed by atoms with Gasteiger partial charge in [0.05, 0.1) is 26.3 Å². The molecular weight excluding hydrogens is 545 g/mol. The van der Waals surface area contributed by atoms with Crippen LogP contribution in [0.4, 0.5) is 0 Å². The van der Waals surface area contributed by atoms with Crippen LogP contribution in [0.2, 0.25) is 5.82 Å². The molecule has 0 aromatic heterocycles. The summed E-state index contributed by atoms with van der Waals surface area (Å²) in [5.74, 6) is -1.13. The summed E-state index contributed by atoms with van der Waals surface area (Å²) in [6.45, 7) is 6.46. The Kier molecular flexibility index (Phi) is 14.7. The number of nitrogens with zero attached hydrogens (tertiary/aromatic N) is 1. The molecule has 10 nitrogen and oxygen atoms in total. The van der Waals surface area contributed by atoms with Crippen LogP contribution in [-0.2, 0) is 36.8 Å². The van der Waals surface area contributed by atoms with Crippen molar-refractivity contribution in [2.75, 3.05) is 45.8 Å². The van der Waals surface area contributed by atoms with Gasteiger partial charge in [0.25, 0.3) is 0 Å². The molecule has 0 spiro atoms. The minimum Gasteiger partial charge on any atom is -0.379 e. The third-order valence-corrected chi connectivity index (χ3v) is 7.49. The molecule has 1 heterocycles. The molecule has 231 valence electrons. The molecule has 1 aliphatic rings. The summed E-state index contributed by atoms with van der Waals surface area (Å²) >= 11 is 0. The normalized spacial score (nSPS) is 15.4. The van der Waals surface area contributed by atoms with Crippen molar-refractivity contribution in [2.24, 2.45) is 0 Å². The van der Waals surface area contributed by atoms with Crippen molar-refractivity contribution in [3.8, 4) is 0 Å². The number of morpholine rings is 1. The van der Waals surface area contributed by atoms with Crippen molar-refractivity contribution in [2.45, 2.75) is 57.4 Å². The van der Waals surface area contributed by atoms with Gasteiger partial charge in [-0.2, -0.15) is 0 Å². The fourth-order valence-electron chi connectivity index (χ4n) is 4.67. The highest BCUT2D eigenvalue weighted by atomic mass is 16.5. The molecule has 0 unspecified atom stereocenters. The molecule has 0 bridgehead atoms. The number of carbonyl (C=O) groups is 4. The van der Waals surface area contributed by atoms with E-state index < -0.39 is 23.9 Å². The van der Waals surface area contributed by atoms with Crippen molar-refractivity contribution in [3.63, 3.8) is 0 Å². The maximum Gasteiger partial charge on any atom is 0.243 e. The van der Waals surface area contributed by atoms with Gasteiger partial charge in [0.2, 0.25) is 23.6 Å². The Morgan fingerprint density at radius 1 is 0.837 bits per heavy atom. The lowest BCUT2D eigenvalue weighted by atomic mass is 9.64. The predicted octanol–water partition coefficient (Wildman–Crippen LogP) is 1.28. The van der Waals surface area contributed by atoms with E-state index in [0.29, 0.717) is 57.8 Å². The van der Waals surface area contributed by atoms with Gasteiger partial charge >= 0.3 is 0 Å². The Balaban J connectivity index is 1.58. The Morgan fingerprint density at radius 2 is 1.44 bits per heavy atom. The van der Waals surface area contributed by atoms with Crippen LogP contribution in [-0.4, -0.2) is 93.7 Å². The van der Waals surface area contributed by atoms with Gasteiger partial charge in [-0.3, -0.25) is 24.1 Å². The van der Waals surface area contributed by atoms with Crippen LogP contribution in [0.15, 0.2) is 60.7 Å². The molecule has 1 aliphatic heterocycles. The Morgan fingerprint density at radius 3 is 2.09 bits per heavy atom. The van der Waals surface area contributed by atoms with E-state index in [-0.39, 0.29) is 24.9 Å². The molecule has 43 heavy (non-hydrogen) atoms. The summed E-state index contributed by atoms with van der Waals surface area (Å²) in [6.07, 6.45) is 2.64. The first kappa shape index (κ1) is 33.8. The second-order valence-corrected chi connectivity index (χ2v) is 10.9. The molecule has 0 saturated carbocycles. The highest BCUT2D eigenvalue weighted by Crippen LogP contribution is 2.08. The maximum absolute atomic E-state index is 13.2. The zero-order chi connectivity index (χ0) is 30.9. The average molecular weight is 591 g/mol. The topological polar surface area (TPSA) is 129 Å². The number of aryl methyl sites for hydroxylation is 1. The van der Waals surface area contributed by atoms with Crippen LogP contribution in [0.1, 0.15) is 37.8 Å². The van der Waals surface area contributed by atoms with Crippen molar-refractivity contribution < 1.29 is 23.9 Å². The summed E-state index contributed by atoms with van der Waals surface area (Å²) in [7, 11) is 2.03. The summed E-state index contributed by atoms with van der Waals surface area (Å²) < 4.78 is 5.35. The molecule has 2 aromatic rings. The second-order valence-electron chi connectivity index (χ2n) is 10.9. The zero-order valence-corrected chi connectivity index (χ0v) is 25.3. The van der Waals surface area contributed by atoms with Gasteiger partial charge in [0.15, 0.2) is 0 Å². The quantitative estimate of drug-likeness (QED) is 0.206. The summed E-state index contributed by atoms with van der Waals surface area (Å²) in [6, 6.07) is 17.5. The monoisotopic (exact) mass is 590 g/mol. The lowest BCUT2D eigenvalue weighted by molar-refractivity contribution is -0.132. The van der Waals surface area contributed by atoms with Crippen LogP contribution in [0.3, 0.4) is 0 Å². The predicted molar refractivity (Wildman–Crippen MR) is 168 cm³/mol. The number of hydrogen-bond donors (Lipinski definition) is 4. The molecule has 1 radical (unpaired) electrons. The standard InChI is InChI=1S/C32H45BN5O5/c1-3-24(2)33-23-35-32(42)28(20-26-12-8-5-9-13-26)37-29(39)21-34-31(41)27(15-14-25-10-6-4-7-11-25)36-30(40)22-38-16-18-43-19-17-38/h4-13,24,27-28H,3,14-23H2,1-2H3,(H,34,41)(H,35,42)(H,36,40)(H,37,39)/t24-,27+,28+/m1/s1. The molecule has 3 rings (SSSR count). The third-order valence-electron chi connectivity index (χ3n) is 7.49. The van der Waals surface area contributed by atoms with E-state index >= 15 is 0 Å². The van der Waals surface area contributed by atoms with Crippen molar-refractivity contribution in [3.05, 3.63) is 71.8 Å². The van der Waals surface area contributed by atoms with E-state index in [0.717, 1.165) is 17.5 Å². The average Bonchev–Trinajstić information content (AvgIpc) is 3.02. The van der Waals surface area contributed by atoms with E-state index in [1.807, 2.05) is 72.8 Å². The van der Waals surface area contributed by atoms with E-state index in [1.165, 1.54) is 0 Å². The van der Waals surface area contributed by atoms with Crippen LogP contribution < -0.4 is 21.3 Å². The van der Waals surface area contributed by atoms with Crippen molar-refractivity contribution in [1.82, 2.24) is 26.2 Å². The minimum absolute atomic E-state index is 0.170. The van der Waals surface area contributed by atoms with Gasteiger partial charge in [-0.05, 0) is 30.4 Å². The molecule has 1 saturated heterocycles. The summed E-state index contributed by atoms with van der Waals surface area (Å²) in [4.78, 5) is 54.0. The molecule has 1 fully saturated rings. The number of benzene rings is 2. The number of carbonyl (C=O) groups excluding carboxylic acids is 4. The zero-order valence-electron chi connectivity index (χ0n) is 25.3. The van der Waals surface area contributed by atoms with E-state index in [9.17, 15) is 19.2 Å². The fourth-order valence-corrected chi connectivity index (χ4v) is 4.67. The van der Waals surface area contributed by atoms with Crippen molar-refractivity contribution in [1.29, 1.82) is 0 Å². The smallest absolute Gasteiger partial charge is 0.243 e. The van der Waals surface area contributed by atoms with Gasteiger partial charge < -0.3 is 26.0 Å². The minimum atomic E-state index is -0.818. The Bertz CT molecular complexity index is 1150. The lowest BCUT2D eigenvalue weighted by Crippen LogP contribution is -2.54. The van der Waals surface area contributed by atoms with E-state index in [4.69, 9.17) is 4.74 Å². The molecule has 0 aliphatic carbocycles. The summed E-state index contributed by atoms with van der Waals surface area (Å²) in [5, 5.41) is 11.2. The van der Waals surface area contributed by atoms with Gasteiger partial charge in [-0.25, -0.2) is 0 Å². The molecular formula is C32H45BN5O5. The number of amides is 4. The first-order chi connectivity index (χ1) is 20.8. The van der Waals surface area contributed by atoms with Crippen LogP contribution in [0, 0.1) is 0 Å². The number of rotatable bonds is 17. The summed E-state index contributed by atoms with van der Waals surface area (Å²) in [5.41, 5.74) is 1.95. The Hall–Kier alpha value is -3.70. The molecule has 3 atom stereocenters. The first-order valence-corrected chi connectivity index (χ1v) is 15.2. The van der Waals surface area contributed by atoms with Gasteiger partial charge in [-0.15, -0.1) is 0 Å². The van der Waals surface area contributed by atoms with Gasteiger partial charge in [0.1, 0.15) is 19.4 Å². The molecule has 4 N–H and O–H groups in total. The fraction of sp³-hybridized carbons (Fsp3) is 0.500. The van der Waals surface area contributed by atoms with Gasteiger partial charge in [-0.1, -0.05) is 86.7 Å². The number of hydrogen-bond acceptors (Lipinski definition) is 6. The lowest BCUT2D eigenvalue weighted by Gasteiger charge is -2.27. The molecule has 11 heteroatoms. The highest BCUT2D eigenvalue weighted by Gasteiger charge is 2.25. The van der Waals surface area contributed by atoms with E-state index in [2.05, 4.69) is 35.1 Å². The maximum atomic E-state index is 13.2. The van der Waals surface area contributed by atoms with Gasteiger partial charge in [0, 0.05) is 19.5 Å². The van der Waals surface area contributed by atoms with Crippen LogP contribution in [0.25, 0.3) is 0 Å². The molecule has 2 aromatic carbocycles. The van der Waals surface area contributed by atoms with Crippen molar-refractivity contribution >= 4 is 30.9 Å². The molecule has 4 amide bonds. The first-order valence-electron chi connectivity index (χ1n) is 15.2. The second kappa shape index (κ2) is 18.8. The van der Waals surface area contributed by atoms with E-state index in [1.54, 1.807) is 0 Å². The largest absolute Gasteiger partial charge is 0.379 e.